The second-order valence-corrected chi connectivity index (χ2v) is 5.26. The van der Waals surface area contributed by atoms with Gasteiger partial charge in [-0.05, 0) is 32.0 Å². The highest BCUT2D eigenvalue weighted by Gasteiger charge is 2.27. The molecule has 1 aromatic carbocycles. The number of nitrogen functional groups attached to an aromatic ring is 1. The smallest absolute Gasteiger partial charge is 0.256 e. The van der Waals surface area contributed by atoms with Gasteiger partial charge in [-0.3, -0.25) is 9.69 Å². The molecule has 19 heavy (non-hydrogen) atoms. The first kappa shape index (κ1) is 13.9. The van der Waals surface area contributed by atoms with Crippen molar-refractivity contribution in [1.29, 1.82) is 0 Å². The topological polar surface area (TPSA) is 49.6 Å². The Morgan fingerprint density at radius 3 is 2.79 bits per heavy atom. The summed E-state index contributed by atoms with van der Waals surface area (Å²) in [5.41, 5.74) is 8.23. The number of hydrogen-bond donors (Lipinski definition) is 1. The molecule has 1 heterocycles. The van der Waals surface area contributed by atoms with Crippen LogP contribution in [0.1, 0.15) is 29.8 Å². The number of para-hydroxylation sites is 1. The van der Waals surface area contributed by atoms with E-state index in [2.05, 4.69) is 18.7 Å². The average Bonchev–Trinajstić information content (AvgIpc) is 2.41. The fourth-order valence-electron chi connectivity index (χ4n) is 2.69. The number of anilines is 1. The van der Waals surface area contributed by atoms with E-state index in [4.69, 9.17) is 5.73 Å². The fourth-order valence-corrected chi connectivity index (χ4v) is 2.69. The summed E-state index contributed by atoms with van der Waals surface area (Å²) in [6.45, 7) is 9.80. The van der Waals surface area contributed by atoms with Crippen molar-refractivity contribution in [2.75, 3.05) is 31.9 Å². The number of nitrogens with two attached hydrogens (primary N) is 1. The number of rotatable bonds is 2. The summed E-state index contributed by atoms with van der Waals surface area (Å²) in [7, 11) is 0. The molecule has 1 aliphatic heterocycles. The lowest BCUT2D eigenvalue weighted by Gasteiger charge is -2.39. The zero-order valence-electron chi connectivity index (χ0n) is 12.0. The van der Waals surface area contributed by atoms with Gasteiger partial charge in [0.05, 0.1) is 5.56 Å². The molecule has 0 saturated carbocycles. The monoisotopic (exact) mass is 261 g/mol. The third-order valence-electron chi connectivity index (χ3n) is 4.01. The van der Waals surface area contributed by atoms with E-state index < -0.39 is 0 Å². The molecule has 1 amide bonds. The molecule has 4 nitrogen and oxygen atoms in total. The van der Waals surface area contributed by atoms with E-state index in [0.717, 1.165) is 31.7 Å². The number of piperazine rings is 1. The molecule has 0 bridgehead atoms. The Kier molecular flexibility index (Phi) is 4.10. The van der Waals surface area contributed by atoms with E-state index in [9.17, 15) is 4.79 Å². The lowest BCUT2D eigenvalue weighted by molar-refractivity contribution is 0.0529. The molecule has 2 N–H and O–H groups in total. The molecule has 1 fully saturated rings. The van der Waals surface area contributed by atoms with E-state index in [1.807, 2.05) is 30.0 Å². The lowest BCUT2D eigenvalue weighted by atomic mass is 10.1. The van der Waals surface area contributed by atoms with Crippen LogP contribution >= 0.6 is 0 Å². The minimum absolute atomic E-state index is 0.0591. The van der Waals surface area contributed by atoms with E-state index in [-0.39, 0.29) is 5.91 Å². The van der Waals surface area contributed by atoms with E-state index in [1.54, 1.807) is 0 Å². The largest absolute Gasteiger partial charge is 0.398 e. The number of aryl methyl sites for hydroxylation is 1. The standard InChI is InChI=1S/C15H23N3O/c1-4-17-8-9-18(10-12(17)3)15(19)13-7-5-6-11(2)14(13)16/h5-7,12H,4,8-10,16H2,1-3H3. The first-order valence-electron chi connectivity index (χ1n) is 6.93. The number of hydrogen-bond acceptors (Lipinski definition) is 3. The molecule has 0 radical (unpaired) electrons. The number of benzene rings is 1. The molecule has 1 aliphatic rings. The highest BCUT2D eigenvalue weighted by Crippen LogP contribution is 2.20. The van der Waals surface area contributed by atoms with Crippen LogP contribution < -0.4 is 5.73 Å². The van der Waals surface area contributed by atoms with E-state index >= 15 is 0 Å². The Hall–Kier alpha value is -1.55. The van der Waals surface area contributed by atoms with Crippen LogP contribution in [0, 0.1) is 6.92 Å². The van der Waals surface area contributed by atoms with Crippen LogP contribution in [-0.2, 0) is 0 Å². The maximum atomic E-state index is 12.5. The predicted octanol–water partition coefficient (Wildman–Crippen LogP) is 1.74. The number of carbonyl (C=O) groups excluding carboxylic acids is 1. The highest BCUT2D eigenvalue weighted by molar-refractivity contribution is 5.99. The van der Waals surface area contributed by atoms with Crippen LogP contribution in [0.3, 0.4) is 0 Å². The molecular formula is C15H23N3O. The van der Waals surface area contributed by atoms with Crippen molar-refractivity contribution in [2.45, 2.75) is 26.8 Å². The third kappa shape index (κ3) is 2.73. The summed E-state index contributed by atoms with van der Waals surface area (Å²) in [5.74, 6) is 0.0591. The van der Waals surface area contributed by atoms with Crippen molar-refractivity contribution < 1.29 is 4.79 Å². The zero-order valence-corrected chi connectivity index (χ0v) is 12.0. The van der Waals surface area contributed by atoms with Gasteiger partial charge in [-0.25, -0.2) is 0 Å². The number of likely N-dealkylation sites (N-methyl/N-ethyl adjacent to an activating group) is 1. The van der Waals surface area contributed by atoms with Crippen LogP contribution in [0.15, 0.2) is 18.2 Å². The fraction of sp³-hybridized carbons (Fsp3) is 0.533. The van der Waals surface area contributed by atoms with Gasteiger partial charge in [0, 0.05) is 31.4 Å². The van der Waals surface area contributed by atoms with Gasteiger partial charge in [0.25, 0.3) is 5.91 Å². The summed E-state index contributed by atoms with van der Waals surface area (Å²) in [5, 5.41) is 0. The summed E-state index contributed by atoms with van der Waals surface area (Å²) in [6, 6.07) is 6.06. The normalized spacial score (nSPS) is 20.6. The molecule has 0 aromatic heterocycles. The van der Waals surface area contributed by atoms with Gasteiger partial charge in [0.2, 0.25) is 0 Å². The first-order valence-corrected chi connectivity index (χ1v) is 6.93. The van der Waals surface area contributed by atoms with Gasteiger partial charge >= 0.3 is 0 Å². The zero-order chi connectivity index (χ0) is 14.0. The van der Waals surface area contributed by atoms with Crippen LogP contribution in [-0.4, -0.2) is 47.9 Å². The molecular weight excluding hydrogens is 238 g/mol. The van der Waals surface area contributed by atoms with Gasteiger partial charge in [-0.1, -0.05) is 19.1 Å². The molecule has 104 valence electrons. The summed E-state index contributed by atoms with van der Waals surface area (Å²) in [6.07, 6.45) is 0. The van der Waals surface area contributed by atoms with Crippen molar-refractivity contribution in [1.82, 2.24) is 9.80 Å². The Balaban J connectivity index is 2.15. The Morgan fingerprint density at radius 2 is 2.16 bits per heavy atom. The van der Waals surface area contributed by atoms with Crippen LogP contribution in [0.5, 0.6) is 0 Å². The van der Waals surface area contributed by atoms with E-state index in [0.29, 0.717) is 17.3 Å². The van der Waals surface area contributed by atoms with Crippen molar-refractivity contribution in [3.05, 3.63) is 29.3 Å². The Bertz CT molecular complexity index is 472. The SMILES string of the molecule is CCN1CCN(C(=O)c2cccc(C)c2N)CC1C. The quantitative estimate of drug-likeness (QED) is 0.825. The van der Waals surface area contributed by atoms with Crippen molar-refractivity contribution >= 4 is 11.6 Å². The molecule has 1 saturated heterocycles. The predicted molar refractivity (Wildman–Crippen MR) is 78.2 cm³/mol. The molecule has 4 heteroatoms. The Labute approximate surface area is 115 Å². The van der Waals surface area contributed by atoms with Crippen LogP contribution in [0.25, 0.3) is 0 Å². The highest BCUT2D eigenvalue weighted by atomic mass is 16.2. The van der Waals surface area contributed by atoms with Gasteiger partial charge in [0.1, 0.15) is 0 Å². The maximum Gasteiger partial charge on any atom is 0.256 e. The minimum Gasteiger partial charge on any atom is -0.398 e. The summed E-state index contributed by atoms with van der Waals surface area (Å²) >= 11 is 0. The van der Waals surface area contributed by atoms with Crippen molar-refractivity contribution in [2.24, 2.45) is 0 Å². The van der Waals surface area contributed by atoms with Crippen LogP contribution in [0.2, 0.25) is 0 Å². The number of carbonyl (C=O) groups is 1. The molecule has 1 atom stereocenters. The van der Waals surface area contributed by atoms with Gasteiger partial charge in [0.15, 0.2) is 0 Å². The first-order chi connectivity index (χ1) is 9.04. The molecule has 2 rings (SSSR count). The Morgan fingerprint density at radius 1 is 1.42 bits per heavy atom. The van der Waals surface area contributed by atoms with Gasteiger partial charge in [-0.2, -0.15) is 0 Å². The number of amides is 1. The second kappa shape index (κ2) is 5.61. The van der Waals surface area contributed by atoms with E-state index in [1.165, 1.54) is 0 Å². The van der Waals surface area contributed by atoms with Gasteiger partial charge < -0.3 is 10.6 Å². The summed E-state index contributed by atoms with van der Waals surface area (Å²) in [4.78, 5) is 16.9. The average molecular weight is 261 g/mol. The summed E-state index contributed by atoms with van der Waals surface area (Å²) < 4.78 is 0. The number of nitrogens with zero attached hydrogens (tertiary/aromatic N) is 2. The molecule has 0 spiro atoms. The second-order valence-electron chi connectivity index (χ2n) is 5.26. The minimum atomic E-state index is 0.0591. The third-order valence-corrected chi connectivity index (χ3v) is 4.01. The molecule has 0 aliphatic carbocycles. The van der Waals surface area contributed by atoms with Crippen LogP contribution in [0.4, 0.5) is 5.69 Å². The maximum absolute atomic E-state index is 12.5. The lowest BCUT2D eigenvalue weighted by Crippen LogP contribution is -2.53. The molecule has 1 unspecified atom stereocenters. The van der Waals surface area contributed by atoms with Gasteiger partial charge in [-0.15, -0.1) is 0 Å². The van der Waals surface area contributed by atoms with Crippen molar-refractivity contribution in [3.63, 3.8) is 0 Å². The van der Waals surface area contributed by atoms with Crippen molar-refractivity contribution in [3.8, 4) is 0 Å². The molecule has 1 aromatic rings.